The van der Waals surface area contributed by atoms with Crippen molar-refractivity contribution in [3.8, 4) is 0 Å². The van der Waals surface area contributed by atoms with Gasteiger partial charge in [-0.15, -0.1) is 12.4 Å². The van der Waals surface area contributed by atoms with Crippen LogP contribution < -0.4 is 11.2 Å². The molecule has 0 unspecified atom stereocenters. The van der Waals surface area contributed by atoms with Crippen LogP contribution in [0.15, 0.2) is 18.2 Å². The number of anilines is 1. The molecule has 6 heteroatoms. The van der Waals surface area contributed by atoms with E-state index in [-0.39, 0.29) is 17.9 Å². The van der Waals surface area contributed by atoms with Gasteiger partial charge in [0.2, 0.25) is 0 Å². The maximum absolute atomic E-state index is 12.6. The average Bonchev–Trinajstić information content (AvgIpc) is 1.94. The van der Waals surface area contributed by atoms with Crippen molar-refractivity contribution in [1.82, 2.24) is 0 Å². The molecule has 0 saturated carbocycles. The number of nitrogens with two attached hydrogens (primary N) is 1. The third-order valence-corrected chi connectivity index (χ3v) is 1.30. The lowest BCUT2D eigenvalue weighted by molar-refractivity contribution is 0.423. The number of hydrogen-bond donors (Lipinski definition) is 3. The molecule has 1 rings (SSSR count). The van der Waals surface area contributed by atoms with Crippen molar-refractivity contribution in [2.75, 3.05) is 5.73 Å². The van der Waals surface area contributed by atoms with Crippen LogP contribution in [-0.4, -0.2) is 17.2 Å². The minimum Gasteiger partial charge on any atom is -0.423 e. The molecule has 0 saturated heterocycles. The van der Waals surface area contributed by atoms with Crippen molar-refractivity contribution < 1.29 is 14.4 Å². The van der Waals surface area contributed by atoms with Gasteiger partial charge in [-0.2, -0.15) is 0 Å². The van der Waals surface area contributed by atoms with Crippen LogP contribution in [0.5, 0.6) is 0 Å². The highest BCUT2D eigenvalue weighted by Gasteiger charge is 2.15. The fourth-order valence-corrected chi connectivity index (χ4v) is 0.760. The molecule has 1 aromatic carbocycles. The van der Waals surface area contributed by atoms with Crippen molar-refractivity contribution >= 4 is 30.7 Å². The van der Waals surface area contributed by atoms with E-state index in [0.29, 0.717) is 5.69 Å². The summed E-state index contributed by atoms with van der Waals surface area (Å²) in [5, 5.41) is 17.2. The maximum Gasteiger partial charge on any atom is 0.491 e. The number of rotatable bonds is 1. The van der Waals surface area contributed by atoms with E-state index in [1.165, 1.54) is 12.1 Å². The summed E-state index contributed by atoms with van der Waals surface area (Å²) in [5.41, 5.74) is 5.37. The highest BCUT2D eigenvalue weighted by molar-refractivity contribution is 6.58. The van der Waals surface area contributed by atoms with E-state index in [0.717, 1.165) is 6.07 Å². The van der Waals surface area contributed by atoms with E-state index in [1.54, 1.807) is 0 Å². The van der Waals surface area contributed by atoms with Gasteiger partial charge in [0.05, 0.1) is 0 Å². The van der Waals surface area contributed by atoms with Gasteiger partial charge in [-0.1, -0.05) is 0 Å². The minimum atomic E-state index is -1.81. The second kappa shape index (κ2) is 4.30. The first-order valence-corrected chi connectivity index (χ1v) is 3.02. The summed E-state index contributed by atoms with van der Waals surface area (Å²) in [7, 11) is -1.81. The fourth-order valence-electron chi connectivity index (χ4n) is 0.760. The Balaban J connectivity index is 0.00000121. The molecule has 4 N–H and O–H groups in total. The molecule has 0 atom stereocenters. The second-order valence-electron chi connectivity index (χ2n) is 2.15. The third kappa shape index (κ3) is 2.37. The summed E-state index contributed by atoms with van der Waals surface area (Å²) in [4.78, 5) is 0. The Morgan fingerprint density at radius 2 is 1.92 bits per heavy atom. The van der Waals surface area contributed by atoms with Crippen molar-refractivity contribution in [2.45, 2.75) is 0 Å². The molecule has 1 aromatic rings. The Hall–Kier alpha value is -0.775. The monoisotopic (exact) mass is 191 g/mol. The number of nitrogen functional groups attached to an aromatic ring is 1. The van der Waals surface area contributed by atoms with Crippen molar-refractivity contribution in [3.63, 3.8) is 0 Å². The lowest BCUT2D eigenvalue weighted by Gasteiger charge is -2.01. The Morgan fingerprint density at radius 3 is 2.33 bits per heavy atom. The lowest BCUT2D eigenvalue weighted by Crippen LogP contribution is -2.32. The summed E-state index contributed by atoms with van der Waals surface area (Å²) >= 11 is 0. The van der Waals surface area contributed by atoms with E-state index in [1.807, 2.05) is 0 Å². The number of benzene rings is 1. The summed E-state index contributed by atoms with van der Waals surface area (Å²) in [6.45, 7) is 0. The molecule has 0 aliphatic heterocycles. The van der Waals surface area contributed by atoms with Gasteiger partial charge in [-0.05, 0) is 18.2 Å². The molecule has 3 nitrogen and oxygen atoms in total. The zero-order valence-electron chi connectivity index (χ0n) is 6.07. The van der Waals surface area contributed by atoms with Crippen LogP contribution in [-0.2, 0) is 0 Å². The highest BCUT2D eigenvalue weighted by atomic mass is 35.5. The normalized spacial score (nSPS) is 8.92. The molecular weight excluding hydrogens is 183 g/mol. The molecule has 0 radical (unpaired) electrons. The fraction of sp³-hybridized carbons (Fsp3) is 0. The van der Waals surface area contributed by atoms with Crippen LogP contribution in [0.3, 0.4) is 0 Å². The van der Waals surface area contributed by atoms with E-state index in [9.17, 15) is 4.39 Å². The van der Waals surface area contributed by atoms with Crippen LogP contribution in [0.1, 0.15) is 0 Å². The Morgan fingerprint density at radius 1 is 1.33 bits per heavy atom. The molecule has 66 valence electrons. The quantitative estimate of drug-likeness (QED) is 0.414. The van der Waals surface area contributed by atoms with Gasteiger partial charge >= 0.3 is 7.12 Å². The minimum absolute atomic E-state index is 0. The molecule has 0 aromatic heterocycles. The van der Waals surface area contributed by atoms with Crippen molar-refractivity contribution in [3.05, 3.63) is 24.0 Å². The first kappa shape index (κ1) is 11.2. The highest BCUT2D eigenvalue weighted by Crippen LogP contribution is 2.01. The Kier molecular flexibility index (Phi) is 4.02. The van der Waals surface area contributed by atoms with Gasteiger partial charge in [0.15, 0.2) is 0 Å². The number of hydrogen-bond acceptors (Lipinski definition) is 3. The Bertz CT molecular complexity index is 272. The summed E-state index contributed by atoms with van der Waals surface area (Å²) in [5.74, 6) is -0.672. The molecule has 0 fully saturated rings. The maximum atomic E-state index is 12.6. The molecule has 0 aliphatic rings. The van der Waals surface area contributed by atoms with Crippen LogP contribution in [0.4, 0.5) is 10.1 Å². The summed E-state index contributed by atoms with van der Waals surface area (Å²) in [6.07, 6.45) is 0. The van der Waals surface area contributed by atoms with Gasteiger partial charge in [0.25, 0.3) is 0 Å². The Labute approximate surface area is 75.6 Å². The SMILES string of the molecule is Cl.Nc1ccc(F)c(B(O)O)c1. The van der Waals surface area contributed by atoms with Crippen molar-refractivity contribution in [2.24, 2.45) is 0 Å². The second-order valence-corrected chi connectivity index (χ2v) is 2.15. The molecule has 0 spiro atoms. The predicted molar refractivity (Wildman–Crippen MR) is 47.9 cm³/mol. The van der Waals surface area contributed by atoms with Crippen LogP contribution in [0.25, 0.3) is 0 Å². The van der Waals surface area contributed by atoms with E-state index >= 15 is 0 Å². The predicted octanol–water partition coefficient (Wildman–Crippen LogP) is -0.490. The molecular formula is C6H8BClFNO2. The largest absolute Gasteiger partial charge is 0.491 e. The average molecular weight is 191 g/mol. The topological polar surface area (TPSA) is 66.5 Å². The zero-order chi connectivity index (χ0) is 8.43. The van der Waals surface area contributed by atoms with Crippen molar-refractivity contribution in [1.29, 1.82) is 0 Å². The zero-order valence-corrected chi connectivity index (χ0v) is 6.88. The standard InChI is InChI=1S/C6H7BFNO2.ClH/c8-6-2-1-4(9)3-5(6)7(10)11;/h1-3,10-11H,9H2;1H. The lowest BCUT2D eigenvalue weighted by atomic mass is 9.80. The van der Waals surface area contributed by atoms with Gasteiger partial charge in [0, 0.05) is 11.2 Å². The first-order chi connectivity index (χ1) is 5.11. The van der Waals surface area contributed by atoms with Crippen LogP contribution >= 0.6 is 12.4 Å². The summed E-state index contributed by atoms with van der Waals surface area (Å²) < 4.78 is 12.6. The first-order valence-electron chi connectivity index (χ1n) is 3.02. The number of halogens is 2. The van der Waals surface area contributed by atoms with E-state index < -0.39 is 12.9 Å². The van der Waals surface area contributed by atoms with E-state index in [2.05, 4.69) is 0 Å². The smallest absolute Gasteiger partial charge is 0.423 e. The van der Waals surface area contributed by atoms with E-state index in [4.69, 9.17) is 15.8 Å². The molecule has 0 aliphatic carbocycles. The molecule has 0 bridgehead atoms. The third-order valence-electron chi connectivity index (χ3n) is 1.30. The van der Waals surface area contributed by atoms with Gasteiger partial charge in [-0.25, -0.2) is 4.39 Å². The molecule has 0 heterocycles. The van der Waals surface area contributed by atoms with Crippen LogP contribution in [0, 0.1) is 5.82 Å². The molecule has 12 heavy (non-hydrogen) atoms. The van der Waals surface area contributed by atoms with Gasteiger partial charge in [-0.3, -0.25) is 0 Å². The summed E-state index contributed by atoms with van der Waals surface area (Å²) in [6, 6.07) is 3.62. The van der Waals surface area contributed by atoms with Gasteiger partial charge < -0.3 is 15.8 Å². The molecule has 0 amide bonds. The van der Waals surface area contributed by atoms with Crippen LogP contribution in [0.2, 0.25) is 0 Å². The van der Waals surface area contributed by atoms with Gasteiger partial charge in [0.1, 0.15) is 5.82 Å².